The normalized spacial score (nSPS) is 16.3. The van der Waals surface area contributed by atoms with E-state index < -0.39 is 5.25 Å². The van der Waals surface area contributed by atoms with Crippen LogP contribution in [0.4, 0.5) is 5.69 Å². The average Bonchev–Trinajstić information content (AvgIpc) is 3.32. The van der Waals surface area contributed by atoms with E-state index in [2.05, 4.69) is 15.5 Å². The molecule has 1 saturated heterocycles. The molecule has 3 aromatic rings. The Kier molecular flexibility index (Phi) is 5.17. The maximum atomic E-state index is 13.1. The van der Waals surface area contributed by atoms with E-state index in [0.29, 0.717) is 22.3 Å². The van der Waals surface area contributed by atoms with Crippen LogP contribution in [-0.4, -0.2) is 51.5 Å². The molecule has 2 heterocycles. The van der Waals surface area contributed by atoms with Crippen LogP contribution in [0, 0.1) is 0 Å². The minimum Gasteiger partial charge on any atom is -0.497 e. The Morgan fingerprint density at radius 1 is 1.07 bits per heavy atom. The first-order valence-electron chi connectivity index (χ1n) is 8.71. The molecule has 1 aromatic heterocycles. The van der Waals surface area contributed by atoms with E-state index in [1.165, 1.54) is 18.9 Å². The molecule has 1 unspecified atom stereocenters. The number of amides is 2. The lowest BCUT2D eigenvalue weighted by atomic mass is 10.2. The van der Waals surface area contributed by atoms with Gasteiger partial charge in [0.2, 0.25) is 17.0 Å². The fraction of sp³-hybridized carbons (Fsp3) is 0.211. The van der Waals surface area contributed by atoms with Crippen LogP contribution >= 0.6 is 11.8 Å². The molecule has 0 bridgehead atoms. The van der Waals surface area contributed by atoms with Crippen molar-refractivity contribution in [3.05, 3.63) is 48.5 Å². The average molecular weight is 411 g/mol. The van der Waals surface area contributed by atoms with Crippen molar-refractivity contribution >= 4 is 29.3 Å². The number of tetrazole rings is 1. The summed E-state index contributed by atoms with van der Waals surface area (Å²) in [5, 5.41) is 11.5. The molecule has 0 radical (unpaired) electrons. The number of ether oxygens (including phenoxy) is 2. The number of hydrogen-bond donors (Lipinski definition) is 0. The van der Waals surface area contributed by atoms with Gasteiger partial charge in [0.15, 0.2) is 0 Å². The number of carbonyl (C=O) groups excluding carboxylic acids is 2. The molecule has 9 nitrogen and oxygen atoms in total. The van der Waals surface area contributed by atoms with Crippen molar-refractivity contribution in [3.8, 4) is 17.2 Å². The lowest BCUT2D eigenvalue weighted by Crippen LogP contribution is -2.31. The molecule has 2 amide bonds. The van der Waals surface area contributed by atoms with E-state index in [-0.39, 0.29) is 18.2 Å². The molecule has 0 aliphatic carbocycles. The van der Waals surface area contributed by atoms with Crippen molar-refractivity contribution in [1.82, 2.24) is 20.2 Å². The molecule has 1 aliphatic rings. The molecular formula is C19H17N5O4S. The van der Waals surface area contributed by atoms with E-state index in [1.807, 2.05) is 30.3 Å². The van der Waals surface area contributed by atoms with Crippen LogP contribution in [0.15, 0.2) is 53.7 Å². The summed E-state index contributed by atoms with van der Waals surface area (Å²) in [6, 6.07) is 14.3. The summed E-state index contributed by atoms with van der Waals surface area (Å²) >= 11 is 1.16. The predicted octanol–water partition coefficient (Wildman–Crippen LogP) is 2.10. The zero-order valence-corrected chi connectivity index (χ0v) is 16.5. The van der Waals surface area contributed by atoms with E-state index in [0.717, 1.165) is 22.3 Å². The number of imide groups is 1. The van der Waals surface area contributed by atoms with Crippen molar-refractivity contribution in [1.29, 1.82) is 0 Å². The summed E-state index contributed by atoms with van der Waals surface area (Å²) < 4.78 is 12.1. The van der Waals surface area contributed by atoms with Gasteiger partial charge in [-0.1, -0.05) is 30.0 Å². The third kappa shape index (κ3) is 3.54. The molecule has 2 aromatic carbocycles. The third-order valence-electron chi connectivity index (χ3n) is 4.42. The van der Waals surface area contributed by atoms with Crippen LogP contribution in [0.5, 0.6) is 11.5 Å². The second kappa shape index (κ2) is 7.92. The number of thioether (sulfide) groups is 1. The molecule has 1 atom stereocenters. The zero-order chi connectivity index (χ0) is 20.4. The van der Waals surface area contributed by atoms with Gasteiger partial charge in [0.25, 0.3) is 0 Å². The molecule has 148 valence electrons. The number of hydrogen-bond acceptors (Lipinski definition) is 8. The minimum atomic E-state index is -0.646. The molecule has 0 N–H and O–H groups in total. The van der Waals surface area contributed by atoms with Gasteiger partial charge in [0.05, 0.1) is 25.6 Å². The fourth-order valence-corrected chi connectivity index (χ4v) is 4.04. The van der Waals surface area contributed by atoms with E-state index in [1.54, 1.807) is 18.2 Å². The lowest BCUT2D eigenvalue weighted by Gasteiger charge is -2.18. The Hall–Kier alpha value is -3.40. The van der Waals surface area contributed by atoms with Gasteiger partial charge in [0, 0.05) is 12.5 Å². The molecule has 0 spiro atoms. The van der Waals surface area contributed by atoms with Crippen LogP contribution in [0.25, 0.3) is 5.69 Å². The number of benzene rings is 2. The van der Waals surface area contributed by atoms with Crippen LogP contribution in [0.1, 0.15) is 6.42 Å². The summed E-state index contributed by atoms with van der Waals surface area (Å²) in [6.07, 6.45) is 0.0332. The topological polar surface area (TPSA) is 99.4 Å². The molecule has 10 heteroatoms. The van der Waals surface area contributed by atoms with Gasteiger partial charge < -0.3 is 9.47 Å². The molecule has 1 aliphatic heterocycles. The SMILES string of the molecule is COc1ccc(OC)c(N2C(=O)CC(Sc3nnnn3-c3ccccc3)C2=O)c1. The monoisotopic (exact) mass is 411 g/mol. The predicted molar refractivity (Wildman–Crippen MR) is 105 cm³/mol. The Morgan fingerprint density at radius 3 is 2.59 bits per heavy atom. The van der Waals surface area contributed by atoms with Crippen LogP contribution in [-0.2, 0) is 9.59 Å². The molecule has 4 rings (SSSR count). The van der Waals surface area contributed by atoms with E-state index >= 15 is 0 Å². The van der Waals surface area contributed by atoms with E-state index in [9.17, 15) is 9.59 Å². The highest BCUT2D eigenvalue weighted by atomic mass is 32.2. The first-order valence-corrected chi connectivity index (χ1v) is 9.59. The van der Waals surface area contributed by atoms with Crippen molar-refractivity contribution in [3.63, 3.8) is 0 Å². The Morgan fingerprint density at radius 2 is 1.86 bits per heavy atom. The van der Waals surface area contributed by atoms with Crippen LogP contribution in [0.2, 0.25) is 0 Å². The van der Waals surface area contributed by atoms with Gasteiger partial charge in [-0.15, -0.1) is 5.10 Å². The second-order valence-electron chi connectivity index (χ2n) is 6.12. The number of nitrogens with zero attached hydrogens (tertiary/aromatic N) is 5. The minimum absolute atomic E-state index is 0.0332. The molecule has 1 fully saturated rings. The number of methoxy groups -OCH3 is 2. The number of anilines is 1. The lowest BCUT2D eigenvalue weighted by molar-refractivity contribution is -0.121. The molecule has 0 saturated carbocycles. The first kappa shape index (κ1) is 18.9. The Balaban J connectivity index is 1.62. The Labute approximate surface area is 170 Å². The van der Waals surface area contributed by atoms with Gasteiger partial charge in [-0.05, 0) is 34.7 Å². The van der Waals surface area contributed by atoms with Gasteiger partial charge in [-0.3, -0.25) is 9.59 Å². The number of aromatic nitrogens is 4. The number of para-hydroxylation sites is 1. The Bertz CT molecular complexity index is 1060. The van der Waals surface area contributed by atoms with Gasteiger partial charge in [-0.2, -0.15) is 4.68 Å². The van der Waals surface area contributed by atoms with Gasteiger partial charge >= 0.3 is 0 Å². The van der Waals surface area contributed by atoms with Crippen molar-refractivity contribution in [2.24, 2.45) is 0 Å². The smallest absolute Gasteiger partial charge is 0.248 e. The number of carbonyl (C=O) groups is 2. The first-order chi connectivity index (χ1) is 14.1. The van der Waals surface area contributed by atoms with Gasteiger partial charge in [-0.25, -0.2) is 4.90 Å². The van der Waals surface area contributed by atoms with Crippen molar-refractivity contribution in [2.75, 3.05) is 19.1 Å². The maximum absolute atomic E-state index is 13.1. The highest BCUT2D eigenvalue weighted by molar-refractivity contribution is 8.00. The highest BCUT2D eigenvalue weighted by Gasteiger charge is 2.42. The summed E-state index contributed by atoms with van der Waals surface area (Å²) in [7, 11) is 3.00. The quantitative estimate of drug-likeness (QED) is 0.569. The number of rotatable bonds is 6. The summed E-state index contributed by atoms with van der Waals surface area (Å²) in [4.78, 5) is 26.9. The van der Waals surface area contributed by atoms with Crippen molar-refractivity contribution < 1.29 is 19.1 Å². The summed E-state index contributed by atoms with van der Waals surface area (Å²) in [5.74, 6) is 0.254. The van der Waals surface area contributed by atoms with Crippen LogP contribution in [0.3, 0.4) is 0 Å². The zero-order valence-electron chi connectivity index (χ0n) is 15.7. The van der Waals surface area contributed by atoms with Gasteiger partial charge in [0.1, 0.15) is 16.7 Å². The largest absolute Gasteiger partial charge is 0.497 e. The standard InChI is InChI=1S/C19H17N5O4S/c1-27-13-8-9-15(28-2)14(10-13)23-17(25)11-16(18(23)26)29-19-20-21-22-24(19)12-6-4-3-5-7-12/h3-10,16H,11H2,1-2H3. The summed E-state index contributed by atoms with van der Waals surface area (Å²) in [6.45, 7) is 0. The highest BCUT2D eigenvalue weighted by Crippen LogP contribution is 2.39. The molecule has 29 heavy (non-hydrogen) atoms. The third-order valence-corrected chi connectivity index (χ3v) is 5.54. The fourth-order valence-electron chi connectivity index (χ4n) is 3.03. The van der Waals surface area contributed by atoms with E-state index in [4.69, 9.17) is 9.47 Å². The van der Waals surface area contributed by atoms with Crippen LogP contribution < -0.4 is 14.4 Å². The maximum Gasteiger partial charge on any atom is 0.248 e. The van der Waals surface area contributed by atoms with Crippen molar-refractivity contribution in [2.45, 2.75) is 16.8 Å². The summed E-state index contributed by atoms with van der Waals surface area (Å²) in [5.41, 5.74) is 1.12. The second-order valence-corrected chi connectivity index (χ2v) is 7.29. The molecular weight excluding hydrogens is 394 g/mol.